The molecule has 0 spiro atoms. The lowest BCUT2D eigenvalue weighted by molar-refractivity contribution is -0.154. The maximum absolute atomic E-state index is 12.2. The molecule has 1 aliphatic rings. The van der Waals surface area contributed by atoms with E-state index in [0.29, 0.717) is 6.61 Å². The first kappa shape index (κ1) is 14.0. The minimum absolute atomic E-state index is 0.00958. The van der Waals surface area contributed by atoms with Crippen molar-refractivity contribution in [3.05, 3.63) is 35.9 Å². The zero-order valence-electron chi connectivity index (χ0n) is 11.7. The van der Waals surface area contributed by atoms with Crippen molar-refractivity contribution < 1.29 is 9.53 Å². The van der Waals surface area contributed by atoms with Gasteiger partial charge in [-0.1, -0.05) is 30.3 Å². The average molecular weight is 262 g/mol. The number of benzene rings is 1. The largest absolute Gasteiger partial charge is 0.369 e. The third-order valence-corrected chi connectivity index (χ3v) is 3.64. The van der Waals surface area contributed by atoms with E-state index in [1.165, 1.54) is 0 Å². The molecule has 4 nitrogen and oxygen atoms in total. The van der Waals surface area contributed by atoms with Crippen LogP contribution >= 0.6 is 0 Å². The molecule has 1 aromatic rings. The van der Waals surface area contributed by atoms with Crippen LogP contribution in [0.2, 0.25) is 0 Å². The van der Waals surface area contributed by atoms with Crippen molar-refractivity contribution in [3.63, 3.8) is 0 Å². The molecule has 19 heavy (non-hydrogen) atoms. The highest BCUT2D eigenvalue weighted by molar-refractivity contribution is 5.82. The SMILES string of the molecule is C[C@H](N)C(=O)N1[C@H](C)CO[C@@H](c2ccccc2)[C@@H]1C. The van der Waals surface area contributed by atoms with Crippen molar-refractivity contribution in [1.82, 2.24) is 4.90 Å². The van der Waals surface area contributed by atoms with Crippen LogP contribution in [0.25, 0.3) is 0 Å². The molecular formula is C15H22N2O2. The van der Waals surface area contributed by atoms with Gasteiger partial charge in [-0.05, 0) is 26.3 Å². The fourth-order valence-corrected chi connectivity index (χ4v) is 2.68. The Balaban J connectivity index is 2.23. The Kier molecular flexibility index (Phi) is 4.22. The molecule has 0 saturated carbocycles. The molecule has 1 saturated heterocycles. The molecule has 1 fully saturated rings. The minimum Gasteiger partial charge on any atom is -0.369 e. The van der Waals surface area contributed by atoms with Crippen molar-refractivity contribution in [2.24, 2.45) is 5.73 Å². The van der Waals surface area contributed by atoms with Gasteiger partial charge in [0.05, 0.1) is 24.7 Å². The minimum atomic E-state index is -0.473. The smallest absolute Gasteiger partial charge is 0.239 e. The number of carbonyl (C=O) groups is 1. The van der Waals surface area contributed by atoms with Gasteiger partial charge in [-0.3, -0.25) is 4.79 Å². The van der Waals surface area contributed by atoms with Crippen LogP contribution in [-0.2, 0) is 9.53 Å². The summed E-state index contributed by atoms with van der Waals surface area (Å²) >= 11 is 0. The number of rotatable bonds is 2. The van der Waals surface area contributed by atoms with Gasteiger partial charge in [0.25, 0.3) is 0 Å². The van der Waals surface area contributed by atoms with E-state index in [9.17, 15) is 4.79 Å². The number of hydrogen-bond acceptors (Lipinski definition) is 3. The quantitative estimate of drug-likeness (QED) is 0.882. The van der Waals surface area contributed by atoms with Gasteiger partial charge in [-0.25, -0.2) is 0 Å². The van der Waals surface area contributed by atoms with Crippen LogP contribution in [0.3, 0.4) is 0 Å². The van der Waals surface area contributed by atoms with E-state index in [-0.39, 0.29) is 24.1 Å². The Hall–Kier alpha value is -1.39. The van der Waals surface area contributed by atoms with E-state index in [1.54, 1.807) is 6.92 Å². The summed E-state index contributed by atoms with van der Waals surface area (Å²) in [4.78, 5) is 14.1. The summed E-state index contributed by atoms with van der Waals surface area (Å²) in [5, 5.41) is 0. The van der Waals surface area contributed by atoms with Crippen molar-refractivity contribution in [1.29, 1.82) is 0 Å². The zero-order chi connectivity index (χ0) is 14.0. The highest BCUT2D eigenvalue weighted by atomic mass is 16.5. The molecule has 104 valence electrons. The predicted molar refractivity (Wildman–Crippen MR) is 74.6 cm³/mol. The number of ether oxygens (including phenoxy) is 1. The molecule has 0 radical (unpaired) electrons. The first-order chi connectivity index (χ1) is 9.02. The summed E-state index contributed by atoms with van der Waals surface area (Å²) in [5.41, 5.74) is 6.84. The molecule has 2 N–H and O–H groups in total. The topological polar surface area (TPSA) is 55.6 Å². The van der Waals surface area contributed by atoms with Gasteiger partial charge in [0.15, 0.2) is 0 Å². The molecule has 2 rings (SSSR count). The van der Waals surface area contributed by atoms with E-state index in [4.69, 9.17) is 10.5 Å². The number of hydrogen-bond donors (Lipinski definition) is 1. The molecule has 0 unspecified atom stereocenters. The van der Waals surface area contributed by atoms with Crippen molar-refractivity contribution in [2.45, 2.75) is 45.0 Å². The number of morpholine rings is 1. The molecule has 4 heteroatoms. The fourth-order valence-electron chi connectivity index (χ4n) is 2.68. The molecule has 0 bridgehead atoms. The highest BCUT2D eigenvalue weighted by Crippen LogP contribution is 2.31. The van der Waals surface area contributed by atoms with Crippen LogP contribution < -0.4 is 5.73 Å². The lowest BCUT2D eigenvalue weighted by Crippen LogP contribution is -2.57. The Bertz CT molecular complexity index is 433. The average Bonchev–Trinajstić information content (AvgIpc) is 2.39. The van der Waals surface area contributed by atoms with Crippen LogP contribution in [0.15, 0.2) is 30.3 Å². The predicted octanol–water partition coefficient (Wildman–Crippen LogP) is 1.71. The molecule has 1 aromatic carbocycles. The lowest BCUT2D eigenvalue weighted by atomic mass is 9.98. The van der Waals surface area contributed by atoms with E-state index in [2.05, 4.69) is 0 Å². The van der Waals surface area contributed by atoms with E-state index in [0.717, 1.165) is 5.56 Å². The number of amides is 1. The number of nitrogens with two attached hydrogens (primary N) is 1. The maximum Gasteiger partial charge on any atom is 0.239 e. The third-order valence-electron chi connectivity index (χ3n) is 3.64. The summed E-state index contributed by atoms with van der Waals surface area (Å²) in [6, 6.07) is 9.60. The van der Waals surface area contributed by atoms with Crippen LogP contribution in [0.4, 0.5) is 0 Å². The normalized spacial score (nSPS) is 29.1. The van der Waals surface area contributed by atoms with Crippen LogP contribution in [-0.4, -0.2) is 35.5 Å². The van der Waals surface area contributed by atoms with Gasteiger partial charge in [-0.2, -0.15) is 0 Å². The highest BCUT2D eigenvalue weighted by Gasteiger charge is 2.37. The molecular weight excluding hydrogens is 240 g/mol. The summed E-state index contributed by atoms with van der Waals surface area (Å²) in [6.45, 7) is 6.29. The second-order valence-electron chi connectivity index (χ2n) is 5.29. The summed E-state index contributed by atoms with van der Waals surface area (Å²) in [5.74, 6) is -0.00997. The monoisotopic (exact) mass is 262 g/mol. The number of carbonyl (C=O) groups excluding carboxylic acids is 1. The summed E-state index contributed by atoms with van der Waals surface area (Å²) in [7, 11) is 0. The standard InChI is InChI=1S/C15H22N2O2/c1-10-9-19-14(13-7-5-4-6-8-13)12(3)17(10)15(18)11(2)16/h4-8,10-12,14H,9,16H2,1-3H3/t10-,11+,12+,14-/m1/s1. The lowest BCUT2D eigenvalue weighted by Gasteiger charge is -2.44. The molecule has 0 aromatic heterocycles. The molecule has 1 amide bonds. The Labute approximate surface area is 114 Å². The van der Waals surface area contributed by atoms with Crippen molar-refractivity contribution in [3.8, 4) is 0 Å². The fraction of sp³-hybridized carbons (Fsp3) is 0.533. The van der Waals surface area contributed by atoms with Crippen LogP contribution in [0.5, 0.6) is 0 Å². The van der Waals surface area contributed by atoms with Crippen molar-refractivity contribution >= 4 is 5.91 Å². The molecule has 1 heterocycles. The summed E-state index contributed by atoms with van der Waals surface area (Å²) in [6.07, 6.45) is -0.0832. The maximum atomic E-state index is 12.2. The van der Waals surface area contributed by atoms with Crippen molar-refractivity contribution in [2.75, 3.05) is 6.61 Å². The van der Waals surface area contributed by atoms with Gasteiger partial charge >= 0.3 is 0 Å². The van der Waals surface area contributed by atoms with Gasteiger partial charge in [0, 0.05) is 0 Å². The third kappa shape index (κ3) is 2.80. The number of nitrogens with zero attached hydrogens (tertiary/aromatic N) is 1. The first-order valence-corrected chi connectivity index (χ1v) is 6.76. The van der Waals surface area contributed by atoms with Gasteiger partial charge in [0.1, 0.15) is 6.10 Å². The van der Waals surface area contributed by atoms with E-state index < -0.39 is 6.04 Å². The Morgan fingerprint density at radius 1 is 1.37 bits per heavy atom. The van der Waals surface area contributed by atoms with Crippen LogP contribution in [0, 0.1) is 0 Å². The van der Waals surface area contributed by atoms with E-state index >= 15 is 0 Å². The zero-order valence-corrected chi connectivity index (χ0v) is 11.7. The second kappa shape index (κ2) is 5.72. The summed E-state index contributed by atoms with van der Waals surface area (Å²) < 4.78 is 5.91. The first-order valence-electron chi connectivity index (χ1n) is 6.76. The molecule has 1 aliphatic heterocycles. The molecule has 0 aliphatic carbocycles. The van der Waals surface area contributed by atoms with Gasteiger partial charge in [0.2, 0.25) is 5.91 Å². The molecule has 4 atom stereocenters. The van der Waals surface area contributed by atoms with Gasteiger partial charge < -0.3 is 15.4 Å². The second-order valence-corrected chi connectivity index (χ2v) is 5.29. The van der Waals surface area contributed by atoms with Gasteiger partial charge in [-0.15, -0.1) is 0 Å². The van der Waals surface area contributed by atoms with E-state index in [1.807, 2.05) is 49.1 Å². The van der Waals surface area contributed by atoms with Crippen LogP contribution in [0.1, 0.15) is 32.4 Å². The Morgan fingerprint density at radius 2 is 2.00 bits per heavy atom. The Morgan fingerprint density at radius 3 is 2.58 bits per heavy atom.